The van der Waals surface area contributed by atoms with Gasteiger partial charge in [-0.3, -0.25) is 0 Å². The molecule has 44 heavy (non-hydrogen) atoms. The van der Waals surface area contributed by atoms with Crippen molar-refractivity contribution in [1.82, 2.24) is 0 Å². The van der Waals surface area contributed by atoms with Crippen LogP contribution in [0.1, 0.15) is 41.8 Å². The quantitative estimate of drug-likeness (QED) is 0.156. The molecule has 0 fully saturated rings. The van der Waals surface area contributed by atoms with E-state index in [2.05, 4.69) is 171 Å². The Morgan fingerprint density at radius 1 is 0.386 bits per heavy atom. The van der Waals surface area contributed by atoms with E-state index in [0.29, 0.717) is 8.45 Å². The summed E-state index contributed by atoms with van der Waals surface area (Å²) in [4.78, 5) is 0. The Balaban J connectivity index is 1.58. The predicted octanol–water partition coefficient (Wildman–Crippen LogP) is 10.6. The summed E-state index contributed by atoms with van der Waals surface area (Å²) in [7, 11) is 0. The standard InChI is InChI=1S/2C13H9.2C7H7.C2H7Si.Ti/c2*1-3-7-12-10(5-1)9-11-6-2-4-8-13(11)12;2*1-7-5-3-2-4-6-7;1-3-2;/h2*1-9H;2*2-6H,1H2;3H,1-2H3;. The van der Waals surface area contributed by atoms with Gasteiger partial charge in [0.2, 0.25) is 0 Å². The average molecular weight is 620 g/mol. The Kier molecular flexibility index (Phi) is 6.76. The fourth-order valence-corrected chi connectivity index (χ4v) is 39.3. The number of fused-ring (bicyclic) bond motifs is 6. The van der Waals surface area contributed by atoms with E-state index in [0.717, 1.165) is 0 Å². The van der Waals surface area contributed by atoms with E-state index in [-0.39, 0.29) is 0 Å². The van der Waals surface area contributed by atoms with Crippen molar-refractivity contribution in [3.8, 4) is 22.3 Å². The molecule has 0 amide bonds. The third-order valence-electron chi connectivity index (χ3n) is 11.6. The van der Waals surface area contributed by atoms with Crippen molar-refractivity contribution < 1.29 is 14.6 Å². The molecule has 0 heterocycles. The van der Waals surface area contributed by atoms with Crippen molar-refractivity contribution >= 4 is 6.66 Å². The number of hydrogen-bond acceptors (Lipinski definition) is 0. The van der Waals surface area contributed by atoms with E-state index in [4.69, 9.17) is 0 Å². The van der Waals surface area contributed by atoms with Gasteiger partial charge in [0.1, 0.15) is 0 Å². The van der Waals surface area contributed by atoms with Gasteiger partial charge in [0.15, 0.2) is 0 Å². The van der Waals surface area contributed by atoms with Crippen LogP contribution in [0.25, 0.3) is 22.3 Å². The zero-order chi connectivity index (χ0) is 29.8. The Hall–Kier alpha value is -3.75. The van der Waals surface area contributed by atoms with Crippen molar-refractivity contribution in [2.75, 3.05) is 0 Å². The summed E-state index contributed by atoms with van der Waals surface area (Å²) in [6.45, 7) is 4.05. The van der Waals surface area contributed by atoms with E-state index < -0.39 is 21.2 Å². The molecule has 2 aliphatic rings. The van der Waals surface area contributed by atoms with Gasteiger partial charge in [0.25, 0.3) is 0 Å². The minimum atomic E-state index is -4.06. The molecule has 8 rings (SSSR count). The van der Waals surface area contributed by atoms with Gasteiger partial charge in [-0.15, -0.1) is 0 Å². The fraction of sp³-hybridized carbons (Fsp3) is 0.143. The topological polar surface area (TPSA) is 0 Å². The molecule has 215 valence electrons. The molecule has 0 N–H and O–H groups in total. The van der Waals surface area contributed by atoms with Crippen LogP contribution in [0.2, 0.25) is 13.1 Å². The van der Waals surface area contributed by atoms with E-state index in [9.17, 15) is 0 Å². The first-order valence-corrected chi connectivity index (χ1v) is 25.8. The molecule has 0 atom stereocenters. The molecule has 0 bridgehead atoms. The second-order valence-electron chi connectivity index (χ2n) is 13.7. The first-order chi connectivity index (χ1) is 21.6. The number of benzene rings is 6. The van der Waals surface area contributed by atoms with Gasteiger partial charge in [-0.1, -0.05) is 0 Å². The van der Waals surface area contributed by atoms with Crippen LogP contribution in [0.15, 0.2) is 158 Å². The molecule has 0 aromatic heterocycles. The molecule has 0 unspecified atom stereocenters. The first-order valence-electron chi connectivity index (χ1n) is 16.2. The van der Waals surface area contributed by atoms with Crippen LogP contribution in [-0.4, -0.2) is 6.66 Å². The Morgan fingerprint density at radius 2 is 0.659 bits per heavy atom. The van der Waals surface area contributed by atoms with Gasteiger partial charge in [-0.05, 0) is 0 Å². The van der Waals surface area contributed by atoms with Gasteiger partial charge in [0, 0.05) is 0 Å². The van der Waals surface area contributed by atoms with Gasteiger partial charge >= 0.3 is 266 Å². The van der Waals surface area contributed by atoms with Gasteiger partial charge in [0.05, 0.1) is 0 Å². The first kappa shape index (κ1) is 27.8. The monoisotopic (exact) mass is 619 g/mol. The molecule has 2 heteroatoms. The maximum atomic E-state index is 2.75. The van der Waals surface area contributed by atoms with E-state index >= 15 is 0 Å². The summed E-state index contributed by atoms with van der Waals surface area (Å²) < 4.78 is 3.26. The Labute approximate surface area is 264 Å². The molecule has 0 saturated carbocycles. The van der Waals surface area contributed by atoms with Gasteiger partial charge < -0.3 is 0 Å². The zero-order valence-electron chi connectivity index (χ0n) is 25.7. The van der Waals surface area contributed by atoms with Gasteiger partial charge in [-0.2, -0.15) is 0 Å². The van der Waals surface area contributed by atoms with Crippen molar-refractivity contribution in [3.05, 3.63) is 191 Å². The summed E-state index contributed by atoms with van der Waals surface area (Å²) >= 11 is -4.06. The summed E-state index contributed by atoms with van der Waals surface area (Å²) in [5.74, 6) is 0. The number of hydrogen-bond donors (Lipinski definition) is 0. The summed E-state index contributed by atoms with van der Waals surface area (Å²) in [5, 5.41) is 0. The Bertz CT molecular complexity index is 1750. The van der Waals surface area contributed by atoms with Crippen molar-refractivity contribution in [2.24, 2.45) is 0 Å². The molecule has 0 radical (unpaired) electrons. The summed E-state index contributed by atoms with van der Waals surface area (Å²) in [5.41, 5.74) is 15.2. The Morgan fingerprint density at radius 3 is 0.955 bits per heavy atom. The number of rotatable bonds is 7. The summed E-state index contributed by atoms with van der Waals surface area (Å²) in [6, 6.07) is 61.1. The molecular weight excluding hydrogens is 580 g/mol. The van der Waals surface area contributed by atoms with Crippen LogP contribution in [0.3, 0.4) is 0 Å². The second-order valence-corrected chi connectivity index (χ2v) is 36.6. The van der Waals surface area contributed by atoms with Crippen LogP contribution in [-0.2, 0) is 24.0 Å². The molecule has 0 saturated heterocycles. The molecular formula is C42H39SiTi. The van der Waals surface area contributed by atoms with E-state index in [1.165, 1.54) is 42.8 Å². The van der Waals surface area contributed by atoms with Gasteiger partial charge in [-0.25, -0.2) is 0 Å². The van der Waals surface area contributed by atoms with Crippen LogP contribution < -0.4 is 0 Å². The van der Waals surface area contributed by atoms with E-state index in [1.54, 1.807) is 22.3 Å². The van der Waals surface area contributed by atoms with Crippen LogP contribution >= 0.6 is 0 Å². The maximum absolute atomic E-state index is 4.06. The van der Waals surface area contributed by atoms with Crippen molar-refractivity contribution in [2.45, 2.75) is 31.0 Å². The molecule has 0 aliphatic heterocycles. The normalized spacial score (nSPS) is 14.8. The third kappa shape index (κ3) is 3.93. The van der Waals surface area contributed by atoms with Crippen LogP contribution in [0, 0.1) is 0 Å². The molecule has 2 aliphatic carbocycles. The molecule has 0 nitrogen and oxygen atoms in total. The fourth-order valence-electron chi connectivity index (χ4n) is 9.81. The predicted molar refractivity (Wildman–Crippen MR) is 187 cm³/mol. The molecule has 6 aromatic carbocycles. The minimum absolute atomic E-state index is 0.427. The van der Waals surface area contributed by atoms with Crippen molar-refractivity contribution in [1.29, 1.82) is 0 Å². The third-order valence-corrected chi connectivity index (χ3v) is 43.4. The second kappa shape index (κ2) is 10.7. The van der Waals surface area contributed by atoms with E-state index in [1.807, 2.05) is 0 Å². The SMILES string of the molecule is C[SiH](C)[Ti]([CH2]c1ccccc1)([CH2]c1ccccc1)([CH]1c2ccccc2-c2ccccc21)[CH]1c2ccccc2-c2ccccc21. The van der Waals surface area contributed by atoms with Crippen LogP contribution in [0.5, 0.6) is 0 Å². The molecule has 6 aromatic rings. The zero-order valence-corrected chi connectivity index (χ0v) is 28.4. The average Bonchev–Trinajstić information content (AvgIpc) is 3.60. The molecule has 0 spiro atoms. The summed E-state index contributed by atoms with van der Waals surface area (Å²) in [6.07, 6.45) is 0. The van der Waals surface area contributed by atoms with Crippen LogP contribution in [0.4, 0.5) is 0 Å². The van der Waals surface area contributed by atoms with Crippen molar-refractivity contribution in [3.63, 3.8) is 0 Å².